The molecule has 2 rings (SSSR count). The first-order valence-electron chi connectivity index (χ1n) is 6.80. The average Bonchev–Trinajstić information content (AvgIpc) is 2.86. The van der Waals surface area contributed by atoms with E-state index in [4.69, 9.17) is 4.42 Å². The standard InChI is InChI=1S/C16H18FNO3S/c1-16(2,3)18-15(19)14-9-6-12(21-14)10-22(20)13-7-4-11(17)5-8-13/h4-9H,10H2,1-3H3,(H,18,19)/t22-/m1/s1. The summed E-state index contributed by atoms with van der Waals surface area (Å²) >= 11 is 0. The summed E-state index contributed by atoms with van der Waals surface area (Å²) in [5.74, 6) is 0.0722. The van der Waals surface area contributed by atoms with Crippen LogP contribution in [0.3, 0.4) is 0 Å². The molecule has 0 fully saturated rings. The Hall–Kier alpha value is -1.95. The molecule has 1 aromatic heterocycles. The zero-order valence-electron chi connectivity index (χ0n) is 12.7. The second-order valence-electron chi connectivity index (χ2n) is 5.91. The number of furan rings is 1. The molecule has 1 N–H and O–H groups in total. The molecule has 0 saturated carbocycles. The van der Waals surface area contributed by atoms with Gasteiger partial charge in [0.2, 0.25) is 0 Å². The number of benzene rings is 1. The molecule has 0 aliphatic heterocycles. The minimum atomic E-state index is -1.35. The molecular formula is C16H18FNO3S. The highest BCUT2D eigenvalue weighted by Crippen LogP contribution is 2.16. The highest BCUT2D eigenvalue weighted by Gasteiger charge is 2.18. The SMILES string of the molecule is CC(C)(C)NC(=O)c1ccc(C[S@@](=O)c2ccc(F)cc2)o1. The van der Waals surface area contributed by atoms with Crippen LogP contribution in [0.15, 0.2) is 45.7 Å². The van der Waals surface area contributed by atoms with E-state index in [1.165, 1.54) is 24.3 Å². The molecule has 0 spiro atoms. The van der Waals surface area contributed by atoms with Crippen LogP contribution in [-0.2, 0) is 16.6 Å². The smallest absolute Gasteiger partial charge is 0.287 e. The number of carbonyl (C=O) groups is 1. The molecule has 1 amide bonds. The Bertz CT molecular complexity index is 686. The lowest BCUT2D eigenvalue weighted by molar-refractivity contribution is 0.0889. The Morgan fingerprint density at radius 2 is 1.82 bits per heavy atom. The quantitative estimate of drug-likeness (QED) is 0.939. The van der Waals surface area contributed by atoms with Gasteiger partial charge in [-0.25, -0.2) is 4.39 Å². The van der Waals surface area contributed by atoms with Crippen molar-refractivity contribution < 1.29 is 17.8 Å². The fourth-order valence-electron chi connectivity index (χ4n) is 1.78. The van der Waals surface area contributed by atoms with Gasteiger partial charge in [0.25, 0.3) is 5.91 Å². The number of carbonyl (C=O) groups excluding carboxylic acids is 1. The van der Waals surface area contributed by atoms with Crippen molar-refractivity contribution in [3.8, 4) is 0 Å². The second-order valence-corrected chi connectivity index (χ2v) is 7.36. The summed E-state index contributed by atoms with van der Waals surface area (Å²) in [6.45, 7) is 5.62. The van der Waals surface area contributed by atoms with Crippen LogP contribution in [0.2, 0.25) is 0 Å². The average molecular weight is 323 g/mol. The third-order valence-corrected chi connectivity index (χ3v) is 4.07. The lowest BCUT2D eigenvalue weighted by Gasteiger charge is -2.19. The largest absolute Gasteiger partial charge is 0.455 e. The van der Waals surface area contributed by atoms with Crippen LogP contribution < -0.4 is 5.32 Å². The maximum Gasteiger partial charge on any atom is 0.287 e. The monoisotopic (exact) mass is 323 g/mol. The third-order valence-electron chi connectivity index (χ3n) is 2.72. The van der Waals surface area contributed by atoms with Gasteiger partial charge in [-0.15, -0.1) is 0 Å². The van der Waals surface area contributed by atoms with Gasteiger partial charge >= 0.3 is 0 Å². The second kappa shape index (κ2) is 6.44. The predicted molar refractivity (Wildman–Crippen MR) is 82.4 cm³/mol. The van der Waals surface area contributed by atoms with Crippen molar-refractivity contribution in [2.24, 2.45) is 0 Å². The van der Waals surface area contributed by atoms with Crippen molar-refractivity contribution in [3.05, 3.63) is 53.7 Å². The molecule has 1 heterocycles. The zero-order valence-corrected chi connectivity index (χ0v) is 13.5. The number of amides is 1. The molecule has 118 valence electrons. The third kappa shape index (κ3) is 4.53. The highest BCUT2D eigenvalue weighted by molar-refractivity contribution is 7.84. The summed E-state index contributed by atoms with van der Waals surface area (Å²) < 4.78 is 30.4. The van der Waals surface area contributed by atoms with E-state index in [-0.39, 0.29) is 28.8 Å². The van der Waals surface area contributed by atoms with Gasteiger partial charge in [0.15, 0.2) is 5.76 Å². The Labute approximate surface area is 131 Å². The van der Waals surface area contributed by atoms with Crippen LogP contribution >= 0.6 is 0 Å². The Balaban J connectivity index is 2.04. The van der Waals surface area contributed by atoms with Crippen molar-refractivity contribution in [2.75, 3.05) is 0 Å². The molecule has 1 atom stereocenters. The molecule has 2 aromatic rings. The first-order chi connectivity index (χ1) is 10.2. The van der Waals surface area contributed by atoms with Crippen molar-refractivity contribution in [3.63, 3.8) is 0 Å². The van der Waals surface area contributed by atoms with Crippen LogP contribution in [-0.4, -0.2) is 15.7 Å². The van der Waals surface area contributed by atoms with Crippen molar-refractivity contribution in [2.45, 2.75) is 37.0 Å². The van der Waals surface area contributed by atoms with Crippen LogP contribution in [0.25, 0.3) is 0 Å². The van der Waals surface area contributed by atoms with E-state index < -0.39 is 10.8 Å². The van der Waals surface area contributed by atoms with Gasteiger partial charge in [0, 0.05) is 10.4 Å². The van der Waals surface area contributed by atoms with Crippen LogP contribution in [0.4, 0.5) is 4.39 Å². The number of halogens is 1. The molecule has 0 radical (unpaired) electrons. The summed E-state index contributed by atoms with van der Waals surface area (Å²) in [6, 6.07) is 8.65. The van der Waals surface area contributed by atoms with Gasteiger partial charge in [0.1, 0.15) is 11.6 Å². The van der Waals surface area contributed by atoms with Crippen LogP contribution in [0.5, 0.6) is 0 Å². The minimum Gasteiger partial charge on any atom is -0.455 e. The number of nitrogens with one attached hydrogen (secondary N) is 1. The predicted octanol–water partition coefficient (Wildman–Crippen LogP) is 3.25. The Morgan fingerprint density at radius 1 is 1.18 bits per heavy atom. The Morgan fingerprint density at radius 3 is 2.41 bits per heavy atom. The van der Waals surface area contributed by atoms with E-state index in [1.807, 2.05) is 20.8 Å². The van der Waals surface area contributed by atoms with E-state index in [2.05, 4.69) is 5.32 Å². The minimum absolute atomic E-state index is 0.133. The van der Waals surface area contributed by atoms with Gasteiger partial charge in [0.05, 0.1) is 16.6 Å². The molecule has 1 aromatic carbocycles. The fraction of sp³-hybridized carbons (Fsp3) is 0.312. The molecule has 22 heavy (non-hydrogen) atoms. The lowest BCUT2D eigenvalue weighted by atomic mass is 10.1. The first-order valence-corrected chi connectivity index (χ1v) is 8.12. The molecular weight excluding hydrogens is 305 g/mol. The number of rotatable bonds is 4. The summed E-state index contributed by atoms with van der Waals surface area (Å²) in [7, 11) is -1.35. The lowest BCUT2D eigenvalue weighted by Crippen LogP contribution is -2.40. The molecule has 0 unspecified atom stereocenters. The fourth-order valence-corrected chi connectivity index (χ4v) is 2.80. The highest BCUT2D eigenvalue weighted by atomic mass is 32.2. The van der Waals surface area contributed by atoms with E-state index >= 15 is 0 Å². The molecule has 6 heteroatoms. The van der Waals surface area contributed by atoms with Crippen molar-refractivity contribution >= 4 is 16.7 Å². The maximum absolute atomic E-state index is 12.8. The van der Waals surface area contributed by atoms with E-state index in [1.54, 1.807) is 12.1 Å². The Kier molecular flexibility index (Phi) is 4.81. The topological polar surface area (TPSA) is 59.3 Å². The maximum atomic E-state index is 12.8. The molecule has 0 aliphatic carbocycles. The summed E-state index contributed by atoms with van der Waals surface area (Å²) in [5, 5.41) is 2.79. The molecule has 0 aliphatic rings. The van der Waals surface area contributed by atoms with Crippen molar-refractivity contribution in [1.82, 2.24) is 5.32 Å². The molecule has 0 bridgehead atoms. The normalized spacial score (nSPS) is 12.9. The van der Waals surface area contributed by atoms with E-state index in [9.17, 15) is 13.4 Å². The van der Waals surface area contributed by atoms with Gasteiger partial charge in [-0.3, -0.25) is 9.00 Å². The van der Waals surface area contributed by atoms with Gasteiger partial charge in [-0.05, 0) is 57.2 Å². The van der Waals surface area contributed by atoms with Gasteiger partial charge in [-0.1, -0.05) is 0 Å². The summed E-state index contributed by atoms with van der Waals surface area (Å²) in [5.41, 5.74) is -0.360. The number of hydrogen-bond donors (Lipinski definition) is 1. The zero-order chi connectivity index (χ0) is 16.3. The van der Waals surface area contributed by atoms with E-state index in [0.717, 1.165) is 0 Å². The van der Waals surface area contributed by atoms with Crippen molar-refractivity contribution in [1.29, 1.82) is 0 Å². The summed E-state index contributed by atoms with van der Waals surface area (Å²) in [4.78, 5) is 12.5. The van der Waals surface area contributed by atoms with Gasteiger partial charge in [-0.2, -0.15) is 0 Å². The van der Waals surface area contributed by atoms with E-state index in [0.29, 0.717) is 10.7 Å². The first kappa shape index (κ1) is 16.4. The van der Waals surface area contributed by atoms with Crippen LogP contribution in [0.1, 0.15) is 37.1 Å². The van der Waals surface area contributed by atoms with Crippen LogP contribution in [0, 0.1) is 5.82 Å². The summed E-state index contributed by atoms with van der Waals surface area (Å²) in [6.07, 6.45) is 0. The molecule has 4 nitrogen and oxygen atoms in total. The number of hydrogen-bond acceptors (Lipinski definition) is 3. The van der Waals surface area contributed by atoms with Gasteiger partial charge < -0.3 is 9.73 Å². The molecule has 0 saturated heterocycles.